The van der Waals surface area contributed by atoms with E-state index in [1.54, 1.807) is 0 Å². The standard InChI is InChI=1S/C3HBF4O4/c5-3(6,7)4(8)12-2(11)1(9)10/h(H,9,10). The molecule has 0 bridgehead atoms. The molecule has 0 aliphatic heterocycles. The van der Waals surface area contributed by atoms with Gasteiger partial charge in [-0.3, -0.25) is 4.32 Å². The van der Waals surface area contributed by atoms with E-state index in [1.165, 1.54) is 0 Å². The molecule has 0 unspecified atom stereocenters. The molecule has 0 rings (SSSR count). The minimum absolute atomic E-state index is 2.29. The Hall–Kier alpha value is -1.28. The highest BCUT2D eigenvalue weighted by molar-refractivity contribution is 6.51. The summed E-state index contributed by atoms with van der Waals surface area (Å²) in [5.41, 5.74) is 0. The van der Waals surface area contributed by atoms with Crippen LogP contribution in [0, 0.1) is 0 Å². The van der Waals surface area contributed by atoms with Crippen LogP contribution in [0.2, 0.25) is 0 Å². The number of carbonyl (C=O) groups is 2. The highest BCUT2D eigenvalue weighted by Gasteiger charge is 2.52. The number of carboxylic acid groups (broad SMARTS) is 1. The first-order valence-electron chi connectivity index (χ1n) is 2.40. The zero-order chi connectivity index (χ0) is 9.94. The van der Waals surface area contributed by atoms with E-state index in [-0.39, 0.29) is 0 Å². The Balaban J connectivity index is 4.11. The van der Waals surface area contributed by atoms with E-state index in [1.807, 2.05) is 0 Å². The maximum absolute atomic E-state index is 11.7. The van der Waals surface area contributed by atoms with E-state index in [4.69, 9.17) is 5.11 Å². The van der Waals surface area contributed by atoms with E-state index in [2.05, 4.69) is 4.65 Å². The van der Waals surface area contributed by atoms with E-state index in [0.29, 0.717) is 0 Å². The monoisotopic (exact) mass is 188 g/mol. The summed E-state index contributed by atoms with van der Waals surface area (Å²) in [7, 11) is -3.90. The molecule has 9 heteroatoms. The number of alkyl halides is 3. The third kappa shape index (κ3) is 3.22. The molecule has 4 nitrogen and oxygen atoms in total. The van der Waals surface area contributed by atoms with Gasteiger partial charge < -0.3 is 9.76 Å². The molecule has 0 spiro atoms. The number of aliphatic carboxylic acids is 1. The highest BCUT2D eigenvalue weighted by Crippen LogP contribution is 2.20. The molecule has 12 heavy (non-hydrogen) atoms. The Morgan fingerprint density at radius 3 is 2.00 bits per heavy atom. The van der Waals surface area contributed by atoms with Crippen LogP contribution in [-0.2, 0) is 14.2 Å². The molecule has 1 N–H and O–H groups in total. The summed E-state index contributed by atoms with van der Waals surface area (Å²) in [6.45, 7) is 0. The van der Waals surface area contributed by atoms with E-state index >= 15 is 0 Å². The van der Waals surface area contributed by atoms with Gasteiger partial charge in [0.2, 0.25) is 0 Å². The van der Waals surface area contributed by atoms with Crippen LogP contribution in [0.5, 0.6) is 0 Å². The van der Waals surface area contributed by atoms with Crippen LogP contribution in [0.3, 0.4) is 0 Å². The Bertz CT molecular complexity index is 201. The Labute approximate surface area is 63.3 Å². The summed E-state index contributed by atoms with van der Waals surface area (Å²) in [4.78, 5) is 19.4. The van der Waals surface area contributed by atoms with E-state index < -0.39 is 25.2 Å². The summed E-state index contributed by atoms with van der Waals surface area (Å²) >= 11 is 0. The van der Waals surface area contributed by atoms with Crippen LogP contribution < -0.4 is 0 Å². The predicted octanol–water partition coefficient (Wildman–Crippen LogP) is 0.173. The first kappa shape index (κ1) is 10.7. The minimum Gasteiger partial charge on any atom is -0.492 e. The van der Waals surface area contributed by atoms with Crippen molar-refractivity contribution in [3.8, 4) is 0 Å². The molecule has 0 atom stereocenters. The van der Waals surface area contributed by atoms with Crippen molar-refractivity contribution in [3.05, 3.63) is 0 Å². The molecular formula is C3HBF4O4. The number of hydrogen-bond donors (Lipinski definition) is 1. The van der Waals surface area contributed by atoms with Crippen molar-refractivity contribution in [2.75, 3.05) is 0 Å². The predicted molar refractivity (Wildman–Crippen MR) is 26.6 cm³/mol. The lowest BCUT2D eigenvalue weighted by Gasteiger charge is -2.06. The van der Waals surface area contributed by atoms with Crippen molar-refractivity contribution in [2.24, 2.45) is 0 Å². The molecule has 0 aliphatic carbocycles. The van der Waals surface area contributed by atoms with Gasteiger partial charge in [-0.15, -0.1) is 0 Å². The molecule has 0 saturated carbocycles. The van der Waals surface area contributed by atoms with E-state index in [9.17, 15) is 27.1 Å². The maximum atomic E-state index is 11.7. The maximum Gasteiger partial charge on any atom is 0.683 e. The van der Waals surface area contributed by atoms with Gasteiger partial charge in [0.25, 0.3) is 0 Å². The average molecular weight is 188 g/mol. The molecule has 0 aromatic heterocycles. The minimum atomic E-state index is -5.40. The van der Waals surface area contributed by atoms with Gasteiger partial charge in [-0.05, 0) is 0 Å². The number of hydrogen-bond acceptors (Lipinski definition) is 3. The average Bonchev–Trinajstić information content (AvgIpc) is 1.85. The first-order chi connectivity index (χ1) is 5.25. The van der Waals surface area contributed by atoms with Crippen LogP contribution in [0.4, 0.5) is 17.5 Å². The Kier molecular flexibility index (Phi) is 3.05. The second kappa shape index (κ2) is 3.41. The van der Waals surface area contributed by atoms with Gasteiger partial charge in [0.05, 0.1) is 0 Å². The fraction of sp³-hybridized carbons (Fsp3) is 0.333. The highest BCUT2D eigenvalue weighted by atomic mass is 19.4. The van der Waals surface area contributed by atoms with Gasteiger partial charge in [0, 0.05) is 0 Å². The summed E-state index contributed by atoms with van der Waals surface area (Å²) in [5.74, 6) is -4.58. The van der Waals surface area contributed by atoms with Crippen molar-refractivity contribution < 1.29 is 36.8 Å². The van der Waals surface area contributed by atoms with Crippen LogP contribution in [0.25, 0.3) is 0 Å². The van der Waals surface area contributed by atoms with Crippen molar-refractivity contribution in [2.45, 2.75) is 6.08 Å². The third-order valence-corrected chi connectivity index (χ3v) is 0.642. The normalized spacial score (nSPS) is 10.7. The second-order valence-corrected chi connectivity index (χ2v) is 1.57. The Morgan fingerprint density at radius 2 is 1.75 bits per heavy atom. The van der Waals surface area contributed by atoms with Gasteiger partial charge in [0.1, 0.15) is 0 Å². The van der Waals surface area contributed by atoms with Crippen LogP contribution in [-0.4, -0.2) is 30.3 Å². The van der Waals surface area contributed by atoms with Crippen molar-refractivity contribution in [1.29, 1.82) is 0 Å². The summed E-state index contributed by atoms with van der Waals surface area (Å²) in [6, 6.07) is 0. The van der Waals surface area contributed by atoms with Gasteiger partial charge in [0.15, 0.2) is 0 Å². The molecule has 0 amide bonds. The fourth-order valence-electron chi connectivity index (χ4n) is 0.211. The number of rotatable bonds is 1. The zero-order valence-electron chi connectivity index (χ0n) is 5.26. The lowest BCUT2D eigenvalue weighted by atomic mass is 9.94. The molecule has 0 aliphatic rings. The second-order valence-electron chi connectivity index (χ2n) is 1.57. The molecule has 0 heterocycles. The lowest BCUT2D eigenvalue weighted by molar-refractivity contribution is -0.160. The molecule has 0 aromatic carbocycles. The topological polar surface area (TPSA) is 63.6 Å². The van der Waals surface area contributed by atoms with E-state index in [0.717, 1.165) is 0 Å². The summed E-state index contributed by atoms with van der Waals surface area (Å²) in [6.07, 6.45) is -5.40. The molecule has 0 saturated heterocycles. The lowest BCUT2D eigenvalue weighted by Crippen LogP contribution is -2.37. The van der Waals surface area contributed by atoms with Crippen molar-refractivity contribution in [3.63, 3.8) is 0 Å². The Morgan fingerprint density at radius 1 is 1.33 bits per heavy atom. The molecule has 0 fully saturated rings. The largest absolute Gasteiger partial charge is 0.683 e. The van der Waals surface area contributed by atoms with Crippen LogP contribution in [0.15, 0.2) is 0 Å². The summed E-state index contributed by atoms with van der Waals surface area (Å²) in [5, 5.41) is 7.69. The van der Waals surface area contributed by atoms with Crippen molar-refractivity contribution in [1.82, 2.24) is 0 Å². The third-order valence-electron chi connectivity index (χ3n) is 0.642. The smallest absolute Gasteiger partial charge is 0.492 e. The number of carboxylic acids is 1. The molecular weight excluding hydrogens is 187 g/mol. The van der Waals surface area contributed by atoms with Crippen LogP contribution in [0.1, 0.15) is 0 Å². The van der Waals surface area contributed by atoms with Gasteiger partial charge in [-0.25, -0.2) is 9.59 Å². The molecule has 0 radical (unpaired) electrons. The first-order valence-corrected chi connectivity index (χ1v) is 2.40. The zero-order valence-corrected chi connectivity index (χ0v) is 5.26. The van der Waals surface area contributed by atoms with Gasteiger partial charge in [-0.2, -0.15) is 13.2 Å². The number of halogens is 4. The fourth-order valence-corrected chi connectivity index (χ4v) is 0.211. The molecule has 68 valence electrons. The van der Waals surface area contributed by atoms with Gasteiger partial charge >= 0.3 is 25.2 Å². The number of carbonyl (C=O) groups excluding carboxylic acids is 1. The SMILES string of the molecule is O=C(O)C(=O)OB(F)C(F)(F)F. The van der Waals surface area contributed by atoms with Crippen LogP contribution >= 0.6 is 0 Å². The summed E-state index contributed by atoms with van der Waals surface area (Å²) < 4.78 is 48.2. The molecule has 0 aromatic rings. The quantitative estimate of drug-likeness (QED) is 0.362. The van der Waals surface area contributed by atoms with Crippen molar-refractivity contribution >= 4 is 19.1 Å². The van der Waals surface area contributed by atoms with Gasteiger partial charge in [-0.1, -0.05) is 0 Å².